The molecule has 0 aliphatic carbocycles. The second-order valence-corrected chi connectivity index (χ2v) is 9.03. The van der Waals surface area contributed by atoms with Gasteiger partial charge in [0.25, 0.3) is 10.0 Å². The van der Waals surface area contributed by atoms with E-state index in [1.807, 2.05) is 44.2 Å². The number of methoxy groups -OCH3 is 1. The lowest BCUT2D eigenvalue weighted by Gasteiger charge is -2.16. The molecule has 6 nitrogen and oxygen atoms in total. The van der Waals surface area contributed by atoms with Crippen LogP contribution in [0.4, 0.5) is 5.13 Å². The molecular formula is C19H21N3O3S2. The Morgan fingerprint density at radius 3 is 2.44 bits per heavy atom. The number of hydrogen-bond donors (Lipinski definition) is 1. The summed E-state index contributed by atoms with van der Waals surface area (Å²) in [7, 11) is -2.21. The van der Waals surface area contributed by atoms with E-state index < -0.39 is 10.0 Å². The molecule has 0 saturated carbocycles. The van der Waals surface area contributed by atoms with Gasteiger partial charge in [-0.25, -0.2) is 8.42 Å². The van der Waals surface area contributed by atoms with Crippen LogP contribution in [0.2, 0.25) is 0 Å². The van der Waals surface area contributed by atoms with Crippen LogP contribution in [0.25, 0.3) is 10.6 Å². The molecule has 0 atom stereocenters. The summed E-state index contributed by atoms with van der Waals surface area (Å²) in [5, 5.41) is 8.95. The Morgan fingerprint density at radius 2 is 1.81 bits per heavy atom. The number of nitrogens with zero attached hydrogens (tertiary/aromatic N) is 2. The summed E-state index contributed by atoms with van der Waals surface area (Å²) in [6.45, 7) is 5.73. The van der Waals surface area contributed by atoms with Crippen molar-refractivity contribution in [2.24, 2.45) is 0 Å². The maximum absolute atomic E-state index is 12.9. The van der Waals surface area contributed by atoms with Crippen molar-refractivity contribution in [3.63, 3.8) is 0 Å². The van der Waals surface area contributed by atoms with Crippen LogP contribution in [-0.2, 0) is 10.0 Å². The van der Waals surface area contributed by atoms with Crippen molar-refractivity contribution < 1.29 is 13.2 Å². The molecule has 2 aromatic carbocycles. The van der Waals surface area contributed by atoms with Crippen molar-refractivity contribution in [2.45, 2.75) is 31.6 Å². The number of benzene rings is 2. The molecular weight excluding hydrogens is 382 g/mol. The number of rotatable bonds is 6. The molecule has 0 spiro atoms. The lowest BCUT2D eigenvalue weighted by Crippen LogP contribution is -2.15. The maximum atomic E-state index is 12.9. The van der Waals surface area contributed by atoms with E-state index in [0.29, 0.717) is 16.3 Å². The van der Waals surface area contributed by atoms with Gasteiger partial charge in [-0.1, -0.05) is 55.5 Å². The summed E-state index contributed by atoms with van der Waals surface area (Å²) in [6, 6.07) is 12.9. The van der Waals surface area contributed by atoms with Crippen molar-refractivity contribution in [1.82, 2.24) is 10.2 Å². The van der Waals surface area contributed by atoms with E-state index in [0.717, 1.165) is 11.1 Å². The second kappa shape index (κ2) is 7.66. The van der Waals surface area contributed by atoms with Gasteiger partial charge in [-0.15, -0.1) is 10.2 Å². The van der Waals surface area contributed by atoms with Crippen LogP contribution in [0.3, 0.4) is 0 Å². The molecule has 0 aliphatic heterocycles. The largest absolute Gasteiger partial charge is 0.496 e. The molecule has 1 aromatic heterocycles. The number of ether oxygens (including phenoxy) is 1. The first-order chi connectivity index (χ1) is 12.8. The van der Waals surface area contributed by atoms with E-state index in [1.54, 1.807) is 26.2 Å². The first kappa shape index (κ1) is 19.3. The molecule has 0 aliphatic rings. The molecule has 0 fully saturated rings. The van der Waals surface area contributed by atoms with E-state index in [1.165, 1.54) is 11.3 Å². The van der Waals surface area contributed by atoms with E-state index >= 15 is 0 Å². The summed E-state index contributed by atoms with van der Waals surface area (Å²) >= 11 is 1.19. The fourth-order valence-corrected chi connectivity index (χ4v) is 4.97. The minimum absolute atomic E-state index is 0.126. The molecule has 0 unspecified atom stereocenters. The summed E-state index contributed by atoms with van der Waals surface area (Å²) in [6.07, 6.45) is 0. The summed E-state index contributed by atoms with van der Waals surface area (Å²) < 4.78 is 33.8. The molecule has 27 heavy (non-hydrogen) atoms. The summed E-state index contributed by atoms with van der Waals surface area (Å²) in [5.74, 6) is 0.810. The van der Waals surface area contributed by atoms with E-state index in [4.69, 9.17) is 4.74 Å². The Morgan fingerprint density at radius 1 is 1.11 bits per heavy atom. The topological polar surface area (TPSA) is 81.2 Å². The average Bonchev–Trinajstić information content (AvgIpc) is 3.09. The molecule has 0 amide bonds. The van der Waals surface area contributed by atoms with Gasteiger partial charge in [0.2, 0.25) is 5.13 Å². The Labute approximate surface area is 163 Å². The monoisotopic (exact) mass is 403 g/mol. The quantitative estimate of drug-likeness (QED) is 0.658. The summed E-state index contributed by atoms with van der Waals surface area (Å²) in [4.78, 5) is 0.212. The first-order valence-corrected chi connectivity index (χ1v) is 10.7. The van der Waals surface area contributed by atoms with Gasteiger partial charge in [-0.05, 0) is 36.1 Å². The fraction of sp³-hybridized carbons (Fsp3) is 0.263. The SMILES string of the molecule is COc1cc(C)c(S(=O)(=O)Nc2nnc(-c3ccccc3)s2)cc1C(C)C. The van der Waals surface area contributed by atoms with Crippen molar-refractivity contribution in [1.29, 1.82) is 0 Å². The summed E-state index contributed by atoms with van der Waals surface area (Å²) in [5.41, 5.74) is 2.34. The van der Waals surface area contributed by atoms with Crippen LogP contribution in [0.1, 0.15) is 30.9 Å². The first-order valence-electron chi connectivity index (χ1n) is 8.42. The van der Waals surface area contributed by atoms with Gasteiger partial charge >= 0.3 is 0 Å². The standard InChI is InChI=1S/C19H21N3O3S2/c1-12(2)15-11-17(13(3)10-16(15)25-4)27(23,24)22-19-21-20-18(26-19)14-8-6-5-7-9-14/h5-12H,1-4H3,(H,21,22). The highest BCUT2D eigenvalue weighted by molar-refractivity contribution is 7.93. The van der Waals surface area contributed by atoms with Gasteiger partial charge in [0.15, 0.2) is 0 Å². The smallest absolute Gasteiger partial charge is 0.263 e. The third-order valence-electron chi connectivity index (χ3n) is 4.11. The zero-order valence-electron chi connectivity index (χ0n) is 15.6. The van der Waals surface area contributed by atoms with Crippen molar-refractivity contribution >= 4 is 26.5 Å². The lowest BCUT2D eigenvalue weighted by atomic mass is 10.0. The molecule has 1 N–H and O–H groups in total. The van der Waals surface area contributed by atoms with Gasteiger partial charge in [0.1, 0.15) is 10.8 Å². The fourth-order valence-electron chi connectivity index (χ4n) is 2.73. The molecule has 3 rings (SSSR count). The number of anilines is 1. The van der Waals surface area contributed by atoms with Crippen molar-refractivity contribution in [2.75, 3.05) is 11.8 Å². The number of sulfonamides is 1. The van der Waals surface area contributed by atoms with Gasteiger partial charge in [0, 0.05) is 5.56 Å². The van der Waals surface area contributed by atoms with Crippen LogP contribution in [0.15, 0.2) is 47.4 Å². The van der Waals surface area contributed by atoms with Gasteiger partial charge in [-0.3, -0.25) is 4.72 Å². The van der Waals surface area contributed by atoms with Crippen LogP contribution in [0, 0.1) is 6.92 Å². The molecule has 8 heteroatoms. The third kappa shape index (κ3) is 4.12. The number of aryl methyl sites for hydroxylation is 1. The normalized spacial score (nSPS) is 11.6. The predicted molar refractivity (Wildman–Crippen MR) is 108 cm³/mol. The molecule has 0 saturated heterocycles. The molecule has 3 aromatic rings. The highest BCUT2D eigenvalue weighted by atomic mass is 32.2. The zero-order valence-corrected chi connectivity index (χ0v) is 17.2. The van der Waals surface area contributed by atoms with Gasteiger partial charge in [0.05, 0.1) is 12.0 Å². The van der Waals surface area contributed by atoms with Gasteiger partial charge < -0.3 is 4.74 Å². The lowest BCUT2D eigenvalue weighted by molar-refractivity contribution is 0.406. The maximum Gasteiger partial charge on any atom is 0.263 e. The number of hydrogen-bond acceptors (Lipinski definition) is 6. The van der Waals surface area contributed by atoms with Crippen LogP contribution in [-0.4, -0.2) is 25.7 Å². The van der Waals surface area contributed by atoms with Crippen molar-refractivity contribution in [3.05, 3.63) is 53.6 Å². The third-order valence-corrected chi connectivity index (χ3v) is 6.60. The molecule has 142 valence electrons. The Hall–Kier alpha value is -2.45. The van der Waals surface area contributed by atoms with Crippen LogP contribution in [0.5, 0.6) is 5.75 Å². The highest BCUT2D eigenvalue weighted by Crippen LogP contribution is 2.33. The molecule has 0 radical (unpaired) electrons. The predicted octanol–water partition coefficient (Wildman–Crippen LogP) is 4.45. The van der Waals surface area contributed by atoms with E-state index in [2.05, 4.69) is 14.9 Å². The highest BCUT2D eigenvalue weighted by Gasteiger charge is 2.22. The van der Waals surface area contributed by atoms with Gasteiger partial charge in [-0.2, -0.15) is 0 Å². The number of aromatic nitrogens is 2. The van der Waals surface area contributed by atoms with Crippen LogP contribution < -0.4 is 9.46 Å². The zero-order chi connectivity index (χ0) is 19.6. The minimum atomic E-state index is -3.79. The van der Waals surface area contributed by atoms with E-state index in [9.17, 15) is 8.42 Å². The molecule has 1 heterocycles. The Bertz CT molecular complexity index is 1050. The van der Waals surface area contributed by atoms with Crippen LogP contribution >= 0.6 is 11.3 Å². The van der Waals surface area contributed by atoms with Crippen molar-refractivity contribution in [3.8, 4) is 16.3 Å². The molecule has 0 bridgehead atoms. The average molecular weight is 404 g/mol. The number of nitrogens with one attached hydrogen (secondary N) is 1. The minimum Gasteiger partial charge on any atom is -0.496 e. The second-order valence-electron chi connectivity index (χ2n) is 6.40. The van der Waals surface area contributed by atoms with E-state index in [-0.39, 0.29) is 15.9 Å². The Balaban J connectivity index is 1.94. The Kier molecular flexibility index (Phi) is 5.48.